The summed E-state index contributed by atoms with van der Waals surface area (Å²) >= 11 is 6.06. The Bertz CT molecular complexity index is 409. The number of nitrogens with one attached hydrogen (secondary N) is 1. The van der Waals surface area contributed by atoms with Crippen molar-refractivity contribution in [3.05, 3.63) is 34.3 Å². The van der Waals surface area contributed by atoms with Crippen molar-refractivity contribution >= 4 is 17.4 Å². The number of Topliss-reactive ketones (excluding diaryl/α,β-unsaturated/α-hetero) is 1. The molecule has 0 bridgehead atoms. The van der Waals surface area contributed by atoms with Crippen molar-refractivity contribution in [2.75, 3.05) is 6.54 Å². The average Bonchev–Trinajstić information content (AvgIpc) is 2.60. The predicted octanol–water partition coefficient (Wildman–Crippen LogP) is 3.36. The molecule has 92 valence electrons. The number of carbonyl (C=O) groups is 1. The first-order valence-electron chi connectivity index (χ1n) is 6.22. The van der Waals surface area contributed by atoms with Crippen LogP contribution in [0, 0.1) is 6.92 Å². The summed E-state index contributed by atoms with van der Waals surface area (Å²) in [6, 6.07) is 5.53. The van der Waals surface area contributed by atoms with Crippen LogP contribution in [-0.4, -0.2) is 18.4 Å². The van der Waals surface area contributed by atoms with Crippen LogP contribution in [0.25, 0.3) is 0 Å². The molecule has 17 heavy (non-hydrogen) atoms. The molecule has 0 radical (unpaired) electrons. The lowest BCUT2D eigenvalue weighted by Crippen LogP contribution is -2.36. The van der Waals surface area contributed by atoms with Crippen LogP contribution in [0.3, 0.4) is 0 Å². The fourth-order valence-corrected chi connectivity index (χ4v) is 2.38. The van der Waals surface area contributed by atoms with Gasteiger partial charge in [0.1, 0.15) is 0 Å². The molecule has 3 heteroatoms. The van der Waals surface area contributed by atoms with E-state index in [-0.39, 0.29) is 11.8 Å². The lowest BCUT2D eigenvalue weighted by Gasteiger charge is -2.14. The largest absolute Gasteiger partial charge is 0.307 e. The van der Waals surface area contributed by atoms with E-state index in [1.807, 2.05) is 19.1 Å². The van der Waals surface area contributed by atoms with E-state index in [0.29, 0.717) is 5.02 Å². The topological polar surface area (TPSA) is 29.1 Å². The summed E-state index contributed by atoms with van der Waals surface area (Å²) in [6.45, 7) is 2.89. The van der Waals surface area contributed by atoms with Gasteiger partial charge in [0.25, 0.3) is 0 Å². The van der Waals surface area contributed by atoms with Gasteiger partial charge in [0.2, 0.25) is 0 Å². The van der Waals surface area contributed by atoms with Gasteiger partial charge in [-0.3, -0.25) is 4.79 Å². The predicted molar refractivity (Wildman–Crippen MR) is 70.8 cm³/mol. The summed E-state index contributed by atoms with van der Waals surface area (Å²) in [5.74, 6) is 0.175. The van der Waals surface area contributed by atoms with Crippen molar-refractivity contribution < 1.29 is 4.79 Å². The van der Waals surface area contributed by atoms with Crippen LogP contribution in [0.2, 0.25) is 5.02 Å². The average molecular weight is 252 g/mol. The van der Waals surface area contributed by atoms with Gasteiger partial charge >= 0.3 is 0 Å². The molecule has 0 aliphatic carbocycles. The minimum absolute atomic E-state index is 0.0312. The molecule has 2 nitrogen and oxygen atoms in total. The van der Waals surface area contributed by atoms with Crippen LogP contribution < -0.4 is 5.32 Å². The molecule has 1 heterocycles. The van der Waals surface area contributed by atoms with Crippen molar-refractivity contribution in [2.24, 2.45) is 0 Å². The zero-order valence-electron chi connectivity index (χ0n) is 10.1. The van der Waals surface area contributed by atoms with E-state index in [1.54, 1.807) is 6.07 Å². The summed E-state index contributed by atoms with van der Waals surface area (Å²) < 4.78 is 0. The highest BCUT2D eigenvalue weighted by molar-refractivity contribution is 6.31. The maximum atomic E-state index is 12.3. The molecule has 0 saturated carbocycles. The fourth-order valence-electron chi connectivity index (χ4n) is 2.20. The highest BCUT2D eigenvalue weighted by Crippen LogP contribution is 2.19. The van der Waals surface area contributed by atoms with Gasteiger partial charge in [0, 0.05) is 10.6 Å². The summed E-state index contributed by atoms with van der Waals surface area (Å²) in [4.78, 5) is 12.3. The first kappa shape index (κ1) is 12.6. The Labute approximate surface area is 107 Å². The zero-order valence-corrected chi connectivity index (χ0v) is 10.9. The van der Waals surface area contributed by atoms with Crippen LogP contribution in [0.1, 0.15) is 41.6 Å². The first-order chi connectivity index (χ1) is 8.18. The summed E-state index contributed by atoms with van der Waals surface area (Å²) in [5.41, 5.74) is 1.73. The smallest absolute Gasteiger partial charge is 0.179 e. The Kier molecular flexibility index (Phi) is 4.19. The number of carbonyl (C=O) groups excluding carboxylic acids is 1. The van der Waals surface area contributed by atoms with E-state index < -0.39 is 0 Å². The minimum Gasteiger partial charge on any atom is -0.307 e. The van der Waals surface area contributed by atoms with Crippen molar-refractivity contribution in [3.63, 3.8) is 0 Å². The third-order valence-corrected chi connectivity index (χ3v) is 3.74. The molecule has 1 aromatic rings. The van der Waals surface area contributed by atoms with Crippen LogP contribution in [-0.2, 0) is 0 Å². The van der Waals surface area contributed by atoms with Crippen LogP contribution in [0.15, 0.2) is 18.2 Å². The molecular weight excluding hydrogens is 234 g/mol. The molecule has 1 fully saturated rings. The Morgan fingerprint density at radius 1 is 1.35 bits per heavy atom. The number of aryl methyl sites for hydroxylation is 1. The van der Waals surface area contributed by atoms with Crippen LogP contribution in [0.5, 0.6) is 0 Å². The minimum atomic E-state index is -0.0312. The Balaban J connectivity index is 2.14. The number of halogens is 1. The molecule has 0 amide bonds. The van der Waals surface area contributed by atoms with Gasteiger partial charge in [-0.1, -0.05) is 36.6 Å². The third-order valence-electron chi connectivity index (χ3n) is 3.33. The van der Waals surface area contributed by atoms with Crippen molar-refractivity contribution in [1.29, 1.82) is 0 Å². The molecule has 1 aliphatic rings. The second-order valence-corrected chi connectivity index (χ2v) is 5.09. The number of hydrogen-bond acceptors (Lipinski definition) is 2. The van der Waals surface area contributed by atoms with E-state index >= 15 is 0 Å². The normalized spacial score (nSPS) is 20.9. The molecule has 1 aliphatic heterocycles. The monoisotopic (exact) mass is 251 g/mol. The van der Waals surface area contributed by atoms with Gasteiger partial charge in [0.05, 0.1) is 6.04 Å². The summed E-state index contributed by atoms with van der Waals surface area (Å²) in [5, 5.41) is 3.99. The SMILES string of the molecule is Cc1ccc(C(=O)C2CCCCCN2)cc1Cl. The number of ketones is 1. The van der Waals surface area contributed by atoms with Gasteiger partial charge in [-0.25, -0.2) is 0 Å². The molecule has 0 spiro atoms. The lowest BCUT2D eigenvalue weighted by atomic mass is 9.99. The van der Waals surface area contributed by atoms with Crippen molar-refractivity contribution in [2.45, 2.75) is 38.6 Å². The van der Waals surface area contributed by atoms with Crippen LogP contribution >= 0.6 is 11.6 Å². The maximum absolute atomic E-state index is 12.3. The zero-order chi connectivity index (χ0) is 12.3. The Morgan fingerprint density at radius 2 is 2.18 bits per heavy atom. The van der Waals surface area contributed by atoms with Crippen molar-refractivity contribution in [1.82, 2.24) is 5.32 Å². The van der Waals surface area contributed by atoms with E-state index in [1.165, 1.54) is 12.8 Å². The van der Waals surface area contributed by atoms with Crippen molar-refractivity contribution in [3.8, 4) is 0 Å². The second-order valence-electron chi connectivity index (χ2n) is 4.68. The van der Waals surface area contributed by atoms with E-state index in [0.717, 1.165) is 30.5 Å². The van der Waals surface area contributed by atoms with Gasteiger partial charge in [-0.05, 0) is 37.9 Å². The highest BCUT2D eigenvalue weighted by Gasteiger charge is 2.21. The highest BCUT2D eigenvalue weighted by atomic mass is 35.5. The van der Waals surface area contributed by atoms with Gasteiger partial charge in [0.15, 0.2) is 5.78 Å². The lowest BCUT2D eigenvalue weighted by molar-refractivity contribution is 0.0940. The quantitative estimate of drug-likeness (QED) is 0.817. The second kappa shape index (κ2) is 5.65. The summed E-state index contributed by atoms with van der Waals surface area (Å²) in [6.07, 6.45) is 4.44. The molecule has 1 N–H and O–H groups in total. The van der Waals surface area contributed by atoms with E-state index in [4.69, 9.17) is 11.6 Å². The fraction of sp³-hybridized carbons (Fsp3) is 0.500. The standard InChI is InChI=1S/C14H18ClNO/c1-10-6-7-11(9-12(10)15)14(17)13-5-3-2-4-8-16-13/h6-7,9,13,16H,2-5,8H2,1H3. The summed E-state index contributed by atoms with van der Waals surface area (Å²) in [7, 11) is 0. The van der Waals surface area contributed by atoms with Gasteiger partial charge < -0.3 is 5.32 Å². The van der Waals surface area contributed by atoms with Gasteiger partial charge in [-0.15, -0.1) is 0 Å². The molecule has 2 rings (SSSR count). The first-order valence-corrected chi connectivity index (χ1v) is 6.60. The van der Waals surface area contributed by atoms with Gasteiger partial charge in [-0.2, -0.15) is 0 Å². The van der Waals surface area contributed by atoms with Crippen LogP contribution in [0.4, 0.5) is 0 Å². The molecule has 1 aromatic carbocycles. The molecule has 1 unspecified atom stereocenters. The number of benzene rings is 1. The molecule has 0 aromatic heterocycles. The molecule has 1 saturated heterocycles. The van der Waals surface area contributed by atoms with E-state index in [9.17, 15) is 4.79 Å². The Hall–Kier alpha value is -0.860. The van der Waals surface area contributed by atoms with E-state index in [2.05, 4.69) is 5.32 Å². The third kappa shape index (κ3) is 3.08. The molecule has 1 atom stereocenters. The molecular formula is C14H18ClNO. The number of hydrogen-bond donors (Lipinski definition) is 1. The number of rotatable bonds is 2. The Morgan fingerprint density at radius 3 is 2.94 bits per heavy atom. The maximum Gasteiger partial charge on any atom is 0.179 e.